The molecule has 0 atom stereocenters. The molecule has 0 aliphatic rings. The lowest BCUT2D eigenvalue weighted by atomic mass is 9.90. The van der Waals surface area contributed by atoms with Crippen LogP contribution < -0.4 is 0 Å². The first-order chi connectivity index (χ1) is 16.1. The Balaban J connectivity index is 1.87. The molecular formula is C26H30N2O4S. The van der Waals surface area contributed by atoms with Gasteiger partial charge in [-0.1, -0.05) is 60.7 Å². The van der Waals surface area contributed by atoms with Crippen LogP contribution in [0.15, 0.2) is 66.0 Å². The first-order valence-electron chi connectivity index (χ1n) is 11.2. The molecular weight excluding hydrogens is 436 g/mol. The Morgan fingerprint density at radius 1 is 0.970 bits per heavy atom. The van der Waals surface area contributed by atoms with Crippen LogP contribution in [-0.4, -0.2) is 48.1 Å². The van der Waals surface area contributed by atoms with Crippen LogP contribution in [-0.2, 0) is 20.8 Å². The fourth-order valence-electron chi connectivity index (χ4n) is 3.57. The highest BCUT2D eigenvalue weighted by Crippen LogP contribution is 2.28. The maximum Gasteiger partial charge on any atom is 0.357 e. The van der Waals surface area contributed by atoms with Gasteiger partial charge in [-0.05, 0) is 31.4 Å². The molecule has 0 unspecified atom stereocenters. The van der Waals surface area contributed by atoms with Crippen LogP contribution in [0.4, 0.5) is 0 Å². The van der Waals surface area contributed by atoms with E-state index in [1.165, 1.54) is 11.3 Å². The number of carbonyl (C=O) groups excluding carboxylic acids is 2. The maximum absolute atomic E-state index is 13.9. The van der Waals surface area contributed by atoms with Gasteiger partial charge in [0.25, 0.3) is 0 Å². The number of aromatic nitrogens is 1. The predicted octanol–water partition coefficient (Wildman–Crippen LogP) is 4.91. The second kappa shape index (κ2) is 12.9. The lowest BCUT2D eigenvalue weighted by Crippen LogP contribution is -2.36. The van der Waals surface area contributed by atoms with Crippen molar-refractivity contribution in [1.82, 2.24) is 9.88 Å². The van der Waals surface area contributed by atoms with Gasteiger partial charge >= 0.3 is 5.97 Å². The first kappa shape index (κ1) is 24.6. The van der Waals surface area contributed by atoms with E-state index in [0.717, 1.165) is 11.1 Å². The predicted molar refractivity (Wildman–Crippen MR) is 129 cm³/mol. The first-order valence-corrected chi connectivity index (χ1v) is 12.1. The number of rotatable bonds is 12. The van der Waals surface area contributed by atoms with Crippen LogP contribution in [0.25, 0.3) is 0 Å². The molecule has 0 radical (unpaired) electrons. The van der Waals surface area contributed by atoms with Crippen molar-refractivity contribution in [3.8, 4) is 0 Å². The zero-order valence-corrected chi connectivity index (χ0v) is 19.9. The number of carbonyl (C=O) groups is 2. The summed E-state index contributed by atoms with van der Waals surface area (Å²) in [4.78, 5) is 32.2. The topological polar surface area (TPSA) is 68.7 Å². The highest BCUT2D eigenvalue weighted by Gasteiger charge is 2.28. The molecule has 7 heteroatoms. The standard InChI is InChI=1S/C26H30N2O4S/c1-3-31-17-11-16-28(18-23-27-22(19-33-23)26(30)32-4-2)25(29)24(20-12-7-5-8-13-20)21-14-9-6-10-15-21/h5-10,12-15,19,24H,3-4,11,16-18H2,1-2H3. The van der Waals surface area contributed by atoms with E-state index in [-0.39, 0.29) is 11.6 Å². The molecule has 0 saturated carbocycles. The van der Waals surface area contributed by atoms with E-state index in [0.29, 0.717) is 44.3 Å². The van der Waals surface area contributed by atoms with Crippen LogP contribution in [0.2, 0.25) is 0 Å². The lowest BCUT2D eigenvalue weighted by molar-refractivity contribution is -0.132. The van der Waals surface area contributed by atoms with E-state index in [1.807, 2.05) is 72.5 Å². The number of ether oxygens (including phenoxy) is 2. The van der Waals surface area contributed by atoms with Gasteiger partial charge < -0.3 is 14.4 Å². The summed E-state index contributed by atoms with van der Waals surface area (Å²) in [5, 5.41) is 2.38. The fourth-order valence-corrected chi connectivity index (χ4v) is 4.34. The van der Waals surface area contributed by atoms with Crippen molar-refractivity contribution in [2.24, 2.45) is 0 Å². The fraction of sp³-hybridized carbons (Fsp3) is 0.346. The van der Waals surface area contributed by atoms with Gasteiger partial charge in [0, 0.05) is 25.1 Å². The van der Waals surface area contributed by atoms with E-state index < -0.39 is 11.9 Å². The molecule has 0 spiro atoms. The van der Waals surface area contributed by atoms with Crippen molar-refractivity contribution < 1.29 is 19.1 Å². The van der Waals surface area contributed by atoms with Gasteiger partial charge in [-0.25, -0.2) is 9.78 Å². The summed E-state index contributed by atoms with van der Waals surface area (Å²) < 4.78 is 10.5. The Morgan fingerprint density at radius 2 is 1.61 bits per heavy atom. The third-order valence-electron chi connectivity index (χ3n) is 5.11. The number of thiazole rings is 1. The number of esters is 1. The van der Waals surface area contributed by atoms with Crippen LogP contribution in [0.1, 0.15) is 52.8 Å². The van der Waals surface area contributed by atoms with Crippen molar-refractivity contribution in [3.63, 3.8) is 0 Å². The smallest absolute Gasteiger partial charge is 0.357 e. The summed E-state index contributed by atoms with van der Waals surface area (Å²) in [5.74, 6) is -0.874. The largest absolute Gasteiger partial charge is 0.461 e. The van der Waals surface area contributed by atoms with Crippen LogP contribution in [0.3, 0.4) is 0 Å². The second-order valence-corrected chi connectivity index (χ2v) is 8.35. The molecule has 1 amide bonds. The Kier molecular flexibility index (Phi) is 9.59. The van der Waals surface area contributed by atoms with Gasteiger partial charge in [0.05, 0.1) is 19.1 Å². The van der Waals surface area contributed by atoms with Crippen molar-refractivity contribution in [2.45, 2.75) is 32.7 Å². The molecule has 0 aliphatic heterocycles. The maximum atomic E-state index is 13.9. The van der Waals surface area contributed by atoms with Gasteiger partial charge in [0.1, 0.15) is 5.01 Å². The highest BCUT2D eigenvalue weighted by atomic mass is 32.1. The zero-order chi connectivity index (χ0) is 23.5. The SMILES string of the molecule is CCOCCCN(Cc1nc(C(=O)OCC)cs1)C(=O)C(c1ccccc1)c1ccccc1. The minimum atomic E-state index is -0.444. The number of benzene rings is 2. The molecule has 2 aromatic carbocycles. The molecule has 0 fully saturated rings. The van der Waals surface area contributed by atoms with E-state index in [9.17, 15) is 9.59 Å². The van der Waals surface area contributed by atoms with E-state index in [1.54, 1.807) is 12.3 Å². The monoisotopic (exact) mass is 466 g/mol. The van der Waals surface area contributed by atoms with E-state index >= 15 is 0 Å². The summed E-state index contributed by atoms with van der Waals surface area (Å²) in [6.45, 7) is 6.08. The molecule has 3 rings (SSSR count). The summed E-state index contributed by atoms with van der Waals surface area (Å²) in [5.41, 5.74) is 2.16. The molecule has 0 saturated heterocycles. The molecule has 0 aliphatic carbocycles. The average molecular weight is 467 g/mol. The minimum Gasteiger partial charge on any atom is -0.461 e. The number of hydrogen-bond acceptors (Lipinski definition) is 6. The van der Waals surface area contributed by atoms with Gasteiger partial charge in [-0.2, -0.15) is 0 Å². The molecule has 1 heterocycles. The van der Waals surface area contributed by atoms with Gasteiger partial charge in [-0.3, -0.25) is 4.79 Å². The molecule has 33 heavy (non-hydrogen) atoms. The zero-order valence-electron chi connectivity index (χ0n) is 19.1. The molecule has 3 aromatic rings. The Labute approximate surface area is 199 Å². The van der Waals surface area contributed by atoms with Crippen LogP contribution in [0.5, 0.6) is 0 Å². The Bertz CT molecular complexity index is 968. The molecule has 174 valence electrons. The number of nitrogens with zero attached hydrogens (tertiary/aromatic N) is 2. The molecule has 0 N–H and O–H groups in total. The summed E-state index contributed by atoms with van der Waals surface area (Å²) in [6, 6.07) is 19.6. The lowest BCUT2D eigenvalue weighted by Gasteiger charge is -2.27. The van der Waals surface area contributed by atoms with Crippen molar-refractivity contribution in [3.05, 3.63) is 87.9 Å². The average Bonchev–Trinajstić information content (AvgIpc) is 3.31. The van der Waals surface area contributed by atoms with Crippen LogP contribution >= 0.6 is 11.3 Å². The Hall–Kier alpha value is -3.03. The summed E-state index contributed by atoms with van der Waals surface area (Å²) in [6.07, 6.45) is 0.714. The van der Waals surface area contributed by atoms with Crippen molar-refractivity contribution in [1.29, 1.82) is 0 Å². The van der Waals surface area contributed by atoms with Crippen molar-refractivity contribution in [2.75, 3.05) is 26.4 Å². The van der Waals surface area contributed by atoms with E-state index in [2.05, 4.69) is 4.98 Å². The van der Waals surface area contributed by atoms with Gasteiger partial charge in [-0.15, -0.1) is 11.3 Å². The summed E-state index contributed by atoms with van der Waals surface area (Å²) >= 11 is 1.36. The third-order valence-corrected chi connectivity index (χ3v) is 5.94. The van der Waals surface area contributed by atoms with E-state index in [4.69, 9.17) is 9.47 Å². The molecule has 0 bridgehead atoms. The molecule has 6 nitrogen and oxygen atoms in total. The normalized spacial score (nSPS) is 10.9. The second-order valence-electron chi connectivity index (χ2n) is 7.41. The quantitative estimate of drug-likeness (QED) is 0.280. The number of hydrogen-bond donors (Lipinski definition) is 0. The van der Waals surface area contributed by atoms with Gasteiger partial charge in [0.2, 0.25) is 5.91 Å². The highest BCUT2D eigenvalue weighted by molar-refractivity contribution is 7.09. The third kappa shape index (κ3) is 6.97. The summed E-state index contributed by atoms with van der Waals surface area (Å²) in [7, 11) is 0. The minimum absolute atomic E-state index is 0.00298. The van der Waals surface area contributed by atoms with Gasteiger partial charge in [0.15, 0.2) is 5.69 Å². The number of amides is 1. The molecule has 1 aromatic heterocycles. The van der Waals surface area contributed by atoms with Crippen molar-refractivity contribution >= 4 is 23.2 Å². The Morgan fingerprint density at radius 3 is 2.18 bits per heavy atom. The van der Waals surface area contributed by atoms with Crippen LogP contribution in [0, 0.1) is 0 Å².